The number of halogens is 1. The molecule has 4 nitrogen and oxygen atoms in total. The lowest BCUT2D eigenvalue weighted by molar-refractivity contribution is -0.132. The first-order chi connectivity index (χ1) is 12.0. The van der Waals surface area contributed by atoms with Gasteiger partial charge in [-0.15, -0.1) is 0 Å². The summed E-state index contributed by atoms with van der Waals surface area (Å²) in [5, 5.41) is 5.80. The van der Waals surface area contributed by atoms with Crippen LogP contribution in [0.4, 0.5) is 4.39 Å². The molecule has 25 heavy (non-hydrogen) atoms. The number of carbonyl (C=O) groups excluding carboxylic acids is 2. The second-order valence-electron chi connectivity index (χ2n) is 7.24. The van der Waals surface area contributed by atoms with E-state index >= 15 is 0 Å². The van der Waals surface area contributed by atoms with E-state index in [1.165, 1.54) is 18.6 Å². The molecule has 0 radical (unpaired) electrons. The number of rotatable bonds is 7. The first-order valence-electron chi connectivity index (χ1n) is 9.30. The summed E-state index contributed by atoms with van der Waals surface area (Å²) in [6.45, 7) is 4.28. The molecule has 2 amide bonds. The smallest absolute Gasteiger partial charge is 0.242 e. The van der Waals surface area contributed by atoms with Gasteiger partial charge in [-0.05, 0) is 42.9 Å². The molecule has 0 bridgehead atoms. The summed E-state index contributed by atoms with van der Waals surface area (Å²) >= 11 is 0. The van der Waals surface area contributed by atoms with Crippen LogP contribution in [0.2, 0.25) is 0 Å². The third-order valence-electron chi connectivity index (χ3n) is 4.82. The number of hydrogen-bond donors (Lipinski definition) is 2. The van der Waals surface area contributed by atoms with Gasteiger partial charge in [-0.2, -0.15) is 0 Å². The van der Waals surface area contributed by atoms with Crippen LogP contribution in [0.3, 0.4) is 0 Å². The fourth-order valence-electron chi connectivity index (χ4n) is 3.30. The maximum absolute atomic E-state index is 13.2. The minimum absolute atomic E-state index is 0.00122. The molecule has 0 spiro atoms. The van der Waals surface area contributed by atoms with Gasteiger partial charge >= 0.3 is 0 Å². The Kier molecular flexibility index (Phi) is 7.41. The largest absolute Gasteiger partial charge is 0.354 e. The average Bonchev–Trinajstić information content (AvgIpc) is 2.60. The van der Waals surface area contributed by atoms with E-state index in [9.17, 15) is 14.0 Å². The van der Waals surface area contributed by atoms with Gasteiger partial charge in [0.25, 0.3) is 0 Å². The van der Waals surface area contributed by atoms with Gasteiger partial charge in [-0.25, -0.2) is 4.39 Å². The first kappa shape index (κ1) is 19.4. The van der Waals surface area contributed by atoms with Crippen LogP contribution in [-0.2, 0) is 16.0 Å². The topological polar surface area (TPSA) is 58.2 Å². The van der Waals surface area contributed by atoms with Crippen LogP contribution in [-0.4, -0.2) is 24.4 Å². The van der Waals surface area contributed by atoms with Crippen LogP contribution >= 0.6 is 0 Å². The Hall–Kier alpha value is -1.91. The maximum Gasteiger partial charge on any atom is 0.242 e. The minimum Gasteiger partial charge on any atom is -0.354 e. The molecule has 1 aliphatic carbocycles. The highest BCUT2D eigenvalue weighted by molar-refractivity contribution is 5.88. The fourth-order valence-corrected chi connectivity index (χ4v) is 3.30. The van der Waals surface area contributed by atoms with E-state index in [-0.39, 0.29) is 29.5 Å². The van der Waals surface area contributed by atoms with Crippen molar-refractivity contribution in [2.45, 2.75) is 58.4 Å². The number of amides is 2. The predicted octanol–water partition coefficient (Wildman–Crippen LogP) is 3.21. The van der Waals surface area contributed by atoms with Crippen molar-refractivity contribution in [1.82, 2.24) is 10.6 Å². The predicted molar refractivity (Wildman–Crippen MR) is 96.5 cm³/mol. The van der Waals surface area contributed by atoms with Crippen molar-refractivity contribution in [1.29, 1.82) is 0 Å². The summed E-state index contributed by atoms with van der Waals surface area (Å²) in [6, 6.07) is 5.84. The van der Waals surface area contributed by atoms with E-state index in [0.717, 1.165) is 31.2 Å². The van der Waals surface area contributed by atoms with E-state index in [1.807, 2.05) is 19.9 Å². The maximum atomic E-state index is 13.2. The zero-order valence-electron chi connectivity index (χ0n) is 15.2. The van der Waals surface area contributed by atoms with Crippen molar-refractivity contribution in [3.63, 3.8) is 0 Å². The normalized spacial score (nSPS) is 16.5. The molecule has 1 saturated carbocycles. The Morgan fingerprint density at radius 1 is 1.20 bits per heavy atom. The van der Waals surface area contributed by atoms with Gasteiger partial charge < -0.3 is 10.6 Å². The van der Waals surface area contributed by atoms with Gasteiger partial charge in [0.1, 0.15) is 11.9 Å². The molecular weight excluding hydrogens is 319 g/mol. The zero-order valence-corrected chi connectivity index (χ0v) is 15.2. The van der Waals surface area contributed by atoms with Crippen LogP contribution < -0.4 is 10.6 Å². The number of carbonyl (C=O) groups is 2. The summed E-state index contributed by atoms with van der Waals surface area (Å²) in [7, 11) is 0. The Labute approximate surface area is 149 Å². The highest BCUT2D eigenvalue weighted by Crippen LogP contribution is 2.24. The fraction of sp³-hybridized carbons (Fsp3) is 0.600. The van der Waals surface area contributed by atoms with Crippen molar-refractivity contribution in [3.8, 4) is 0 Å². The average molecular weight is 348 g/mol. The van der Waals surface area contributed by atoms with Crippen LogP contribution in [0, 0.1) is 17.7 Å². The molecule has 0 aromatic heterocycles. The summed E-state index contributed by atoms with van der Waals surface area (Å²) in [5.41, 5.74) is 0.840. The summed E-state index contributed by atoms with van der Waals surface area (Å²) in [4.78, 5) is 24.9. The van der Waals surface area contributed by atoms with Crippen molar-refractivity contribution >= 4 is 11.8 Å². The molecule has 0 saturated heterocycles. The number of hydrogen-bond acceptors (Lipinski definition) is 2. The van der Waals surface area contributed by atoms with Gasteiger partial charge in [0, 0.05) is 12.5 Å². The van der Waals surface area contributed by atoms with E-state index in [1.54, 1.807) is 6.07 Å². The second kappa shape index (κ2) is 9.54. The van der Waals surface area contributed by atoms with E-state index < -0.39 is 6.04 Å². The highest BCUT2D eigenvalue weighted by Gasteiger charge is 2.28. The van der Waals surface area contributed by atoms with Gasteiger partial charge in [-0.1, -0.05) is 45.2 Å². The van der Waals surface area contributed by atoms with Crippen molar-refractivity contribution in [2.75, 3.05) is 6.54 Å². The lowest BCUT2D eigenvalue weighted by atomic mass is 9.88. The summed E-state index contributed by atoms with van der Waals surface area (Å²) < 4.78 is 13.2. The molecule has 138 valence electrons. The number of nitrogens with one attached hydrogen (secondary N) is 2. The SMILES string of the molecule is CC(C)C(NC(=O)C1CCCCC1)C(=O)NCCc1cccc(F)c1. The van der Waals surface area contributed by atoms with Crippen LogP contribution in [0.1, 0.15) is 51.5 Å². The molecule has 0 aliphatic heterocycles. The Morgan fingerprint density at radius 2 is 1.92 bits per heavy atom. The van der Waals surface area contributed by atoms with Gasteiger partial charge in [0.05, 0.1) is 0 Å². The monoisotopic (exact) mass is 348 g/mol. The summed E-state index contributed by atoms with van der Waals surface area (Å²) in [6.07, 6.45) is 5.76. The summed E-state index contributed by atoms with van der Waals surface area (Å²) in [5.74, 6) is -0.394. The molecule has 1 aromatic carbocycles. The van der Waals surface area contributed by atoms with Crippen molar-refractivity contribution in [2.24, 2.45) is 11.8 Å². The van der Waals surface area contributed by atoms with E-state index in [0.29, 0.717) is 13.0 Å². The van der Waals surface area contributed by atoms with Crippen molar-refractivity contribution in [3.05, 3.63) is 35.6 Å². The van der Waals surface area contributed by atoms with Gasteiger partial charge in [0.2, 0.25) is 11.8 Å². The second-order valence-corrected chi connectivity index (χ2v) is 7.24. The molecule has 2 N–H and O–H groups in total. The third kappa shape index (κ3) is 6.15. The molecule has 1 aliphatic rings. The quantitative estimate of drug-likeness (QED) is 0.795. The molecule has 2 rings (SSSR count). The van der Waals surface area contributed by atoms with E-state index in [4.69, 9.17) is 0 Å². The first-order valence-corrected chi connectivity index (χ1v) is 9.30. The lowest BCUT2D eigenvalue weighted by Gasteiger charge is -2.26. The molecule has 0 heterocycles. The van der Waals surface area contributed by atoms with E-state index in [2.05, 4.69) is 10.6 Å². The van der Waals surface area contributed by atoms with Crippen LogP contribution in [0.25, 0.3) is 0 Å². The Bertz CT molecular complexity index is 583. The lowest BCUT2D eigenvalue weighted by Crippen LogP contribution is -2.51. The molecule has 1 atom stereocenters. The van der Waals surface area contributed by atoms with Crippen LogP contribution in [0.15, 0.2) is 24.3 Å². The molecular formula is C20H29FN2O2. The standard InChI is InChI=1S/C20H29FN2O2/c1-14(2)18(23-19(24)16-8-4-3-5-9-16)20(25)22-12-11-15-7-6-10-17(21)13-15/h6-7,10,13-14,16,18H,3-5,8-9,11-12H2,1-2H3,(H,22,25)(H,23,24). The molecule has 1 unspecified atom stereocenters. The minimum atomic E-state index is -0.526. The Balaban J connectivity index is 1.83. The highest BCUT2D eigenvalue weighted by atomic mass is 19.1. The third-order valence-corrected chi connectivity index (χ3v) is 4.82. The molecule has 1 aromatic rings. The van der Waals surface area contributed by atoms with Gasteiger partial charge in [-0.3, -0.25) is 9.59 Å². The number of benzene rings is 1. The van der Waals surface area contributed by atoms with Gasteiger partial charge in [0.15, 0.2) is 0 Å². The zero-order chi connectivity index (χ0) is 18.2. The van der Waals surface area contributed by atoms with Crippen molar-refractivity contribution < 1.29 is 14.0 Å². The molecule has 5 heteroatoms. The molecule has 1 fully saturated rings. The Morgan fingerprint density at radius 3 is 2.56 bits per heavy atom. The van der Waals surface area contributed by atoms with Crippen LogP contribution in [0.5, 0.6) is 0 Å².